The van der Waals surface area contributed by atoms with Crippen molar-refractivity contribution in [3.63, 3.8) is 0 Å². The zero-order valence-electron chi connectivity index (χ0n) is 7.18. The average molecular weight is 208 g/mol. The SMILES string of the molecule is O=c1[nH]c2cncc([N+](=O)[O-])c2[nH]c1=O. The molecule has 2 aromatic heterocycles. The fourth-order valence-corrected chi connectivity index (χ4v) is 1.16. The second-order valence-electron chi connectivity index (χ2n) is 2.75. The van der Waals surface area contributed by atoms with Crippen LogP contribution in [-0.4, -0.2) is 19.9 Å². The lowest BCUT2D eigenvalue weighted by Gasteiger charge is -1.96. The van der Waals surface area contributed by atoms with Crippen LogP contribution in [0.15, 0.2) is 22.0 Å². The van der Waals surface area contributed by atoms with Crippen LogP contribution in [0.3, 0.4) is 0 Å². The molecule has 0 amide bonds. The average Bonchev–Trinajstić information content (AvgIpc) is 2.18. The Morgan fingerprint density at radius 2 is 1.87 bits per heavy atom. The standard InChI is InChI=1S/C7H4N4O4/c12-6-7(13)10-5-3(9-6)1-8-2-4(5)11(14)15/h1-2H,(H,9,12)(H,10,13). The first-order chi connectivity index (χ1) is 7.09. The molecule has 0 saturated carbocycles. The minimum Gasteiger partial charge on any atom is -0.314 e. The van der Waals surface area contributed by atoms with Crippen LogP contribution in [0.5, 0.6) is 0 Å². The molecule has 8 nitrogen and oxygen atoms in total. The maximum absolute atomic E-state index is 11.0. The molecule has 0 aliphatic carbocycles. The molecule has 2 heterocycles. The molecule has 0 atom stereocenters. The number of aromatic nitrogens is 3. The molecule has 0 radical (unpaired) electrons. The molecule has 0 aliphatic rings. The van der Waals surface area contributed by atoms with Gasteiger partial charge in [-0.05, 0) is 0 Å². The van der Waals surface area contributed by atoms with Crippen LogP contribution in [0, 0.1) is 10.1 Å². The zero-order valence-corrected chi connectivity index (χ0v) is 7.18. The van der Waals surface area contributed by atoms with Gasteiger partial charge in [0.15, 0.2) is 0 Å². The van der Waals surface area contributed by atoms with Crippen molar-refractivity contribution in [2.75, 3.05) is 0 Å². The summed E-state index contributed by atoms with van der Waals surface area (Å²) in [6.45, 7) is 0. The number of aromatic amines is 2. The third-order valence-electron chi connectivity index (χ3n) is 1.82. The number of fused-ring (bicyclic) bond motifs is 1. The molecule has 76 valence electrons. The largest absolute Gasteiger partial charge is 0.314 e. The van der Waals surface area contributed by atoms with E-state index in [2.05, 4.69) is 15.0 Å². The lowest BCUT2D eigenvalue weighted by molar-refractivity contribution is -0.383. The summed E-state index contributed by atoms with van der Waals surface area (Å²) in [5, 5.41) is 10.6. The first-order valence-corrected chi connectivity index (χ1v) is 3.84. The molecule has 0 aliphatic heterocycles. The minimum atomic E-state index is -0.934. The number of H-pyrrole nitrogens is 2. The van der Waals surface area contributed by atoms with Gasteiger partial charge in [0.05, 0.1) is 16.6 Å². The summed E-state index contributed by atoms with van der Waals surface area (Å²) in [6.07, 6.45) is 2.22. The van der Waals surface area contributed by atoms with E-state index in [1.54, 1.807) is 0 Å². The topological polar surface area (TPSA) is 122 Å². The van der Waals surface area contributed by atoms with E-state index in [4.69, 9.17) is 0 Å². The molecule has 0 saturated heterocycles. The molecule has 2 rings (SSSR count). The Kier molecular flexibility index (Phi) is 1.82. The van der Waals surface area contributed by atoms with Crippen molar-refractivity contribution in [2.24, 2.45) is 0 Å². The van der Waals surface area contributed by atoms with E-state index >= 15 is 0 Å². The summed E-state index contributed by atoms with van der Waals surface area (Å²) < 4.78 is 0. The van der Waals surface area contributed by atoms with E-state index in [9.17, 15) is 19.7 Å². The number of nitro groups is 1. The van der Waals surface area contributed by atoms with E-state index < -0.39 is 16.0 Å². The number of nitrogens with zero attached hydrogens (tertiary/aromatic N) is 2. The van der Waals surface area contributed by atoms with Crippen molar-refractivity contribution in [1.82, 2.24) is 15.0 Å². The second-order valence-corrected chi connectivity index (χ2v) is 2.75. The Labute approximate surface area is 80.7 Å². The zero-order chi connectivity index (χ0) is 11.0. The van der Waals surface area contributed by atoms with Crippen molar-refractivity contribution >= 4 is 16.7 Å². The van der Waals surface area contributed by atoms with E-state index in [0.29, 0.717) is 0 Å². The first kappa shape index (κ1) is 9.06. The minimum absolute atomic E-state index is 0.0420. The van der Waals surface area contributed by atoms with E-state index in [-0.39, 0.29) is 16.7 Å². The predicted molar refractivity (Wildman–Crippen MR) is 49.6 cm³/mol. The lowest BCUT2D eigenvalue weighted by Crippen LogP contribution is -2.29. The number of nitrogens with one attached hydrogen (secondary N) is 2. The van der Waals surface area contributed by atoms with E-state index in [0.717, 1.165) is 6.20 Å². The lowest BCUT2D eigenvalue weighted by atomic mass is 10.3. The van der Waals surface area contributed by atoms with Crippen molar-refractivity contribution in [3.05, 3.63) is 43.2 Å². The van der Waals surface area contributed by atoms with Gasteiger partial charge >= 0.3 is 16.8 Å². The summed E-state index contributed by atoms with van der Waals surface area (Å²) in [6, 6.07) is 0. The van der Waals surface area contributed by atoms with Crippen LogP contribution in [0.25, 0.3) is 11.0 Å². The van der Waals surface area contributed by atoms with Gasteiger partial charge in [-0.25, -0.2) is 0 Å². The summed E-state index contributed by atoms with van der Waals surface area (Å²) >= 11 is 0. The van der Waals surface area contributed by atoms with Crippen molar-refractivity contribution in [2.45, 2.75) is 0 Å². The summed E-state index contributed by atoms with van der Waals surface area (Å²) in [5.41, 5.74) is -2.09. The fourth-order valence-electron chi connectivity index (χ4n) is 1.16. The van der Waals surface area contributed by atoms with E-state index in [1.807, 2.05) is 0 Å². The summed E-state index contributed by atoms with van der Waals surface area (Å²) in [7, 11) is 0. The van der Waals surface area contributed by atoms with Crippen molar-refractivity contribution in [3.8, 4) is 0 Å². The van der Waals surface area contributed by atoms with Crippen molar-refractivity contribution in [1.29, 1.82) is 0 Å². The van der Waals surface area contributed by atoms with Gasteiger partial charge in [-0.2, -0.15) is 0 Å². The Hall–Kier alpha value is -2.51. The Morgan fingerprint density at radius 1 is 1.20 bits per heavy atom. The number of rotatable bonds is 1. The maximum Gasteiger partial charge on any atom is 0.314 e. The molecule has 0 spiro atoms. The molecular formula is C7H4N4O4. The molecule has 2 aromatic rings. The summed E-state index contributed by atoms with van der Waals surface area (Å²) in [4.78, 5) is 39.6. The number of hydrogen-bond acceptors (Lipinski definition) is 5. The van der Waals surface area contributed by atoms with Gasteiger partial charge in [0, 0.05) is 0 Å². The predicted octanol–water partition coefficient (Wildman–Crippen LogP) is -0.480. The smallest absolute Gasteiger partial charge is 0.314 e. The van der Waals surface area contributed by atoms with Gasteiger partial charge in [0.25, 0.3) is 0 Å². The van der Waals surface area contributed by atoms with Crippen LogP contribution in [0.1, 0.15) is 0 Å². The maximum atomic E-state index is 11.0. The highest BCUT2D eigenvalue weighted by atomic mass is 16.6. The van der Waals surface area contributed by atoms with Crippen LogP contribution in [0.4, 0.5) is 5.69 Å². The van der Waals surface area contributed by atoms with Gasteiger partial charge in [-0.1, -0.05) is 0 Å². The molecule has 15 heavy (non-hydrogen) atoms. The second kappa shape index (κ2) is 3.01. The third-order valence-corrected chi connectivity index (χ3v) is 1.82. The van der Waals surface area contributed by atoms with Gasteiger partial charge in [-0.3, -0.25) is 24.7 Å². The Bertz CT molecular complexity index is 656. The van der Waals surface area contributed by atoms with Crippen molar-refractivity contribution < 1.29 is 4.92 Å². The molecule has 0 bridgehead atoms. The molecule has 0 aromatic carbocycles. The molecule has 0 fully saturated rings. The molecule has 0 unspecified atom stereocenters. The number of pyridine rings is 1. The summed E-state index contributed by atoms with van der Waals surface area (Å²) in [5.74, 6) is 0. The van der Waals surface area contributed by atoms with Crippen LogP contribution >= 0.6 is 0 Å². The highest BCUT2D eigenvalue weighted by Crippen LogP contribution is 2.17. The van der Waals surface area contributed by atoms with Crippen LogP contribution < -0.4 is 11.1 Å². The number of hydrogen-bond donors (Lipinski definition) is 2. The fraction of sp³-hybridized carbons (Fsp3) is 0. The third kappa shape index (κ3) is 1.37. The molecule has 2 N–H and O–H groups in total. The highest BCUT2D eigenvalue weighted by molar-refractivity contribution is 5.81. The highest BCUT2D eigenvalue weighted by Gasteiger charge is 2.13. The van der Waals surface area contributed by atoms with Gasteiger partial charge in [-0.15, -0.1) is 0 Å². The van der Waals surface area contributed by atoms with Crippen LogP contribution in [0.2, 0.25) is 0 Å². The monoisotopic (exact) mass is 208 g/mol. The normalized spacial score (nSPS) is 10.4. The Morgan fingerprint density at radius 3 is 2.53 bits per heavy atom. The van der Waals surface area contributed by atoms with Gasteiger partial charge in [0.1, 0.15) is 11.7 Å². The molecule has 8 heteroatoms. The van der Waals surface area contributed by atoms with Gasteiger partial charge in [0.2, 0.25) is 0 Å². The quantitative estimate of drug-likeness (QED) is 0.372. The Balaban J connectivity index is 2.98. The van der Waals surface area contributed by atoms with Crippen LogP contribution in [-0.2, 0) is 0 Å². The molecular weight excluding hydrogens is 204 g/mol. The first-order valence-electron chi connectivity index (χ1n) is 3.84. The van der Waals surface area contributed by atoms with Gasteiger partial charge < -0.3 is 9.97 Å². The van der Waals surface area contributed by atoms with E-state index in [1.165, 1.54) is 6.20 Å².